The molecule has 1 aliphatic rings. The molecular weight excluding hydrogens is 202 g/mol. The van der Waals surface area contributed by atoms with E-state index in [1.807, 2.05) is 5.38 Å². The predicted octanol–water partition coefficient (Wildman–Crippen LogP) is 3.38. The van der Waals surface area contributed by atoms with Crippen LogP contribution < -0.4 is 0 Å². The molecule has 2 rings (SSSR count). The Balaban J connectivity index is 1.98. The van der Waals surface area contributed by atoms with Crippen molar-refractivity contribution < 1.29 is 0 Å². The Kier molecular flexibility index (Phi) is 2.63. The minimum Gasteiger partial charge on any atom is -0.293 e. The summed E-state index contributed by atoms with van der Waals surface area (Å²) in [6.45, 7) is 5.64. The standard InChI is InChI=1S/C10H14ClNS/c1-7-3-8(2)12(7)5-10-4-9(11)6-13-10/h4,6-8H,3,5H2,1-2H3. The Bertz CT molecular complexity index is 289. The maximum atomic E-state index is 5.87. The van der Waals surface area contributed by atoms with Crippen LogP contribution in [0.1, 0.15) is 25.1 Å². The second kappa shape index (κ2) is 3.60. The van der Waals surface area contributed by atoms with E-state index in [0.29, 0.717) is 0 Å². The SMILES string of the molecule is CC1CC(C)N1Cc1cc(Cl)cs1. The van der Waals surface area contributed by atoms with Gasteiger partial charge in [-0.05, 0) is 26.3 Å². The van der Waals surface area contributed by atoms with Crippen molar-refractivity contribution in [3.05, 3.63) is 21.3 Å². The summed E-state index contributed by atoms with van der Waals surface area (Å²) in [5.74, 6) is 0. The van der Waals surface area contributed by atoms with Gasteiger partial charge >= 0.3 is 0 Å². The van der Waals surface area contributed by atoms with Crippen LogP contribution in [-0.2, 0) is 6.54 Å². The molecule has 0 aliphatic carbocycles. The molecule has 0 N–H and O–H groups in total. The number of hydrogen-bond acceptors (Lipinski definition) is 2. The third kappa shape index (κ3) is 1.90. The van der Waals surface area contributed by atoms with E-state index in [4.69, 9.17) is 11.6 Å². The molecule has 1 aromatic rings. The summed E-state index contributed by atoms with van der Waals surface area (Å²) in [5.41, 5.74) is 0. The van der Waals surface area contributed by atoms with Gasteiger partial charge in [-0.25, -0.2) is 0 Å². The van der Waals surface area contributed by atoms with Crippen molar-refractivity contribution in [2.75, 3.05) is 0 Å². The first-order chi connectivity index (χ1) is 6.16. The van der Waals surface area contributed by atoms with E-state index in [2.05, 4.69) is 24.8 Å². The highest BCUT2D eigenvalue weighted by Gasteiger charge is 2.31. The summed E-state index contributed by atoms with van der Waals surface area (Å²) < 4.78 is 0. The lowest BCUT2D eigenvalue weighted by atomic mass is 9.96. The van der Waals surface area contributed by atoms with Crippen molar-refractivity contribution in [3.63, 3.8) is 0 Å². The molecule has 1 aromatic heterocycles. The molecule has 72 valence electrons. The fourth-order valence-corrected chi connectivity index (χ4v) is 3.07. The molecule has 2 heterocycles. The second-order valence-electron chi connectivity index (χ2n) is 3.84. The molecule has 1 nitrogen and oxygen atoms in total. The summed E-state index contributed by atoms with van der Waals surface area (Å²) in [6.07, 6.45) is 1.33. The van der Waals surface area contributed by atoms with Gasteiger partial charge in [-0.3, -0.25) is 4.90 Å². The molecule has 0 aromatic carbocycles. The molecule has 0 saturated carbocycles. The second-order valence-corrected chi connectivity index (χ2v) is 5.27. The van der Waals surface area contributed by atoms with Gasteiger partial charge < -0.3 is 0 Å². The summed E-state index contributed by atoms with van der Waals surface area (Å²) in [7, 11) is 0. The zero-order chi connectivity index (χ0) is 9.42. The Labute approximate surface area is 88.3 Å². The van der Waals surface area contributed by atoms with Gasteiger partial charge in [0, 0.05) is 28.9 Å². The minimum atomic E-state index is 0.746. The summed E-state index contributed by atoms with van der Waals surface area (Å²) in [5, 5.41) is 2.88. The smallest absolute Gasteiger partial charge is 0.0516 e. The summed E-state index contributed by atoms with van der Waals surface area (Å²) in [6, 6.07) is 3.57. The van der Waals surface area contributed by atoms with Gasteiger partial charge in [0.1, 0.15) is 0 Å². The van der Waals surface area contributed by atoms with E-state index >= 15 is 0 Å². The summed E-state index contributed by atoms with van der Waals surface area (Å²) in [4.78, 5) is 3.89. The molecule has 2 unspecified atom stereocenters. The molecule has 0 amide bonds. The van der Waals surface area contributed by atoms with Crippen LogP contribution in [0.3, 0.4) is 0 Å². The number of rotatable bonds is 2. The van der Waals surface area contributed by atoms with E-state index in [0.717, 1.165) is 23.7 Å². The lowest BCUT2D eigenvalue weighted by molar-refractivity contribution is 0.0306. The van der Waals surface area contributed by atoms with Crippen LogP contribution in [0.15, 0.2) is 11.4 Å². The van der Waals surface area contributed by atoms with E-state index in [-0.39, 0.29) is 0 Å². The topological polar surface area (TPSA) is 3.24 Å². The number of hydrogen-bond donors (Lipinski definition) is 0. The average molecular weight is 216 g/mol. The molecule has 1 saturated heterocycles. The van der Waals surface area contributed by atoms with Gasteiger partial charge in [-0.1, -0.05) is 11.6 Å². The Hall–Kier alpha value is -0.0500. The Morgan fingerprint density at radius 1 is 1.54 bits per heavy atom. The van der Waals surface area contributed by atoms with Crippen molar-refractivity contribution in [2.24, 2.45) is 0 Å². The molecule has 3 heteroatoms. The maximum Gasteiger partial charge on any atom is 0.0516 e. The first kappa shape index (κ1) is 9.50. The van der Waals surface area contributed by atoms with Crippen LogP contribution in [-0.4, -0.2) is 17.0 Å². The monoisotopic (exact) mass is 215 g/mol. The molecular formula is C10H14ClNS. The van der Waals surface area contributed by atoms with Gasteiger partial charge in [0.25, 0.3) is 0 Å². The molecule has 2 atom stereocenters. The van der Waals surface area contributed by atoms with E-state index in [1.165, 1.54) is 11.3 Å². The van der Waals surface area contributed by atoms with E-state index in [9.17, 15) is 0 Å². The van der Waals surface area contributed by atoms with Crippen LogP contribution in [0.25, 0.3) is 0 Å². The molecule has 1 aliphatic heterocycles. The van der Waals surface area contributed by atoms with E-state index in [1.54, 1.807) is 11.3 Å². The minimum absolute atomic E-state index is 0.746. The van der Waals surface area contributed by atoms with Gasteiger partial charge in [-0.2, -0.15) is 0 Å². The third-order valence-corrected chi connectivity index (χ3v) is 4.04. The van der Waals surface area contributed by atoms with Crippen LogP contribution >= 0.6 is 22.9 Å². The average Bonchev–Trinajstić information content (AvgIpc) is 2.48. The highest BCUT2D eigenvalue weighted by atomic mass is 35.5. The molecule has 1 fully saturated rings. The summed E-state index contributed by atoms with van der Waals surface area (Å²) >= 11 is 7.63. The quantitative estimate of drug-likeness (QED) is 0.731. The fraction of sp³-hybridized carbons (Fsp3) is 0.600. The van der Waals surface area contributed by atoms with Gasteiger partial charge in [0.2, 0.25) is 0 Å². The van der Waals surface area contributed by atoms with Crippen molar-refractivity contribution in [2.45, 2.75) is 38.9 Å². The first-order valence-corrected chi connectivity index (χ1v) is 5.91. The third-order valence-electron chi connectivity index (χ3n) is 2.77. The van der Waals surface area contributed by atoms with Gasteiger partial charge in [0.15, 0.2) is 0 Å². The van der Waals surface area contributed by atoms with Crippen molar-refractivity contribution in [1.29, 1.82) is 0 Å². The number of thiophene rings is 1. The highest BCUT2D eigenvalue weighted by molar-refractivity contribution is 7.10. The van der Waals surface area contributed by atoms with Crippen molar-refractivity contribution in [1.82, 2.24) is 4.90 Å². The zero-order valence-electron chi connectivity index (χ0n) is 7.96. The number of halogens is 1. The van der Waals surface area contributed by atoms with Crippen LogP contribution in [0, 0.1) is 0 Å². The fourth-order valence-electron chi connectivity index (χ4n) is 1.99. The Morgan fingerprint density at radius 3 is 2.69 bits per heavy atom. The van der Waals surface area contributed by atoms with Crippen molar-refractivity contribution >= 4 is 22.9 Å². The lowest BCUT2D eigenvalue weighted by Crippen LogP contribution is -2.51. The molecule has 0 radical (unpaired) electrons. The van der Waals surface area contributed by atoms with Crippen molar-refractivity contribution in [3.8, 4) is 0 Å². The largest absolute Gasteiger partial charge is 0.293 e. The van der Waals surface area contributed by atoms with Crippen LogP contribution in [0.4, 0.5) is 0 Å². The highest BCUT2D eigenvalue weighted by Crippen LogP contribution is 2.29. The zero-order valence-corrected chi connectivity index (χ0v) is 9.53. The number of likely N-dealkylation sites (tertiary alicyclic amines) is 1. The number of nitrogens with zero attached hydrogens (tertiary/aromatic N) is 1. The molecule has 0 bridgehead atoms. The van der Waals surface area contributed by atoms with E-state index < -0.39 is 0 Å². The Morgan fingerprint density at radius 2 is 2.23 bits per heavy atom. The predicted molar refractivity (Wildman–Crippen MR) is 58.4 cm³/mol. The lowest BCUT2D eigenvalue weighted by Gasteiger charge is -2.45. The molecule has 13 heavy (non-hydrogen) atoms. The van der Waals surface area contributed by atoms with Crippen LogP contribution in [0.2, 0.25) is 5.02 Å². The van der Waals surface area contributed by atoms with Crippen LogP contribution in [0.5, 0.6) is 0 Å². The molecule has 0 spiro atoms. The normalized spacial score (nSPS) is 28.8. The first-order valence-electron chi connectivity index (χ1n) is 4.65. The maximum absolute atomic E-state index is 5.87. The van der Waals surface area contributed by atoms with Gasteiger partial charge in [0.05, 0.1) is 5.02 Å². The van der Waals surface area contributed by atoms with Gasteiger partial charge in [-0.15, -0.1) is 11.3 Å².